The molecular weight excluding hydrogens is 356 g/mol. The van der Waals surface area contributed by atoms with Gasteiger partial charge >= 0.3 is 0 Å². The first-order chi connectivity index (χ1) is 13.2. The van der Waals surface area contributed by atoms with Crippen LogP contribution >= 0.6 is 11.6 Å². The van der Waals surface area contributed by atoms with Crippen LogP contribution in [0.15, 0.2) is 42.5 Å². The van der Waals surface area contributed by atoms with Crippen LogP contribution < -0.4 is 9.72 Å². The van der Waals surface area contributed by atoms with Crippen molar-refractivity contribution in [1.29, 1.82) is 5.26 Å². The van der Waals surface area contributed by atoms with Gasteiger partial charge in [-0.1, -0.05) is 29.8 Å². The predicted molar refractivity (Wildman–Crippen MR) is 108 cm³/mol. The number of rotatable bonds is 2. The summed E-state index contributed by atoms with van der Waals surface area (Å²) in [7, 11) is 0. The summed E-state index contributed by atoms with van der Waals surface area (Å²) >= 11 is 6.34. The van der Waals surface area contributed by atoms with Gasteiger partial charge in [0.25, 0.3) is 0 Å². The minimum absolute atomic E-state index is 0.741. The normalized spacial score (nSPS) is 13.1. The lowest BCUT2D eigenvalue weighted by molar-refractivity contribution is -0.465. The average Bonchev–Trinajstić information content (AvgIpc) is 3.29. The minimum atomic E-state index is 0.741. The molecule has 0 saturated heterocycles. The highest BCUT2D eigenvalue weighted by molar-refractivity contribution is 6.31. The Hall–Kier alpha value is -3.03. The smallest absolute Gasteiger partial charge is 0.250 e. The zero-order valence-corrected chi connectivity index (χ0v) is 15.7. The van der Waals surface area contributed by atoms with Gasteiger partial charge in [0.1, 0.15) is 22.7 Å². The van der Waals surface area contributed by atoms with Crippen LogP contribution in [-0.4, -0.2) is 4.98 Å². The molecule has 1 aliphatic rings. The Kier molecular flexibility index (Phi) is 3.60. The fraction of sp³-hybridized carbons (Fsp3) is 0.182. The number of pyridine rings is 1. The molecule has 5 rings (SSSR count). The maximum atomic E-state index is 9.85. The van der Waals surface area contributed by atoms with Gasteiger partial charge in [0.05, 0.1) is 5.69 Å². The molecule has 132 valence electrons. The van der Waals surface area contributed by atoms with Crippen LogP contribution in [0.25, 0.3) is 16.7 Å². The van der Waals surface area contributed by atoms with Crippen molar-refractivity contribution in [1.82, 2.24) is 4.98 Å². The number of imidazole rings is 1. The van der Waals surface area contributed by atoms with Crippen LogP contribution in [0.1, 0.15) is 28.7 Å². The molecule has 2 heterocycles. The maximum absolute atomic E-state index is 9.85. The van der Waals surface area contributed by atoms with E-state index in [2.05, 4.69) is 26.8 Å². The third-order valence-electron chi connectivity index (χ3n) is 5.43. The molecule has 4 nitrogen and oxygen atoms in total. The molecule has 2 aromatic carbocycles. The van der Waals surface area contributed by atoms with Crippen molar-refractivity contribution in [2.24, 2.45) is 0 Å². The predicted octanol–water partition coefficient (Wildman–Crippen LogP) is 4.97. The number of aromatic amines is 1. The van der Waals surface area contributed by atoms with Gasteiger partial charge in [0, 0.05) is 10.6 Å². The first-order valence-electron chi connectivity index (χ1n) is 9.11. The number of para-hydroxylation sites is 2. The molecule has 0 unspecified atom stereocenters. The SMILES string of the molecule is Cc1ccc(Nc2c3c(c(C#N)c4[nH]c5ccccc5[n+]24)CCC3)cc1Cl. The van der Waals surface area contributed by atoms with Crippen molar-refractivity contribution in [2.45, 2.75) is 26.2 Å². The molecule has 0 atom stereocenters. The zero-order chi connectivity index (χ0) is 18.5. The van der Waals surface area contributed by atoms with E-state index in [4.69, 9.17) is 11.6 Å². The summed E-state index contributed by atoms with van der Waals surface area (Å²) in [6.07, 6.45) is 2.97. The lowest BCUT2D eigenvalue weighted by atomic mass is 10.1. The van der Waals surface area contributed by atoms with Gasteiger partial charge in [-0.3, -0.25) is 10.3 Å². The van der Waals surface area contributed by atoms with Gasteiger partial charge in [0.2, 0.25) is 11.5 Å². The first-order valence-corrected chi connectivity index (χ1v) is 9.48. The van der Waals surface area contributed by atoms with Crippen molar-refractivity contribution in [2.75, 3.05) is 5.32 Å². The maximum Gasteiger partial charge on any atom is 0.250 e. The number of halogens is 1. The monoisotopic (exact) mass is 373 g/mol. The Balaban J connectivity index is 1.85. The second kappa shape index (κ2) is 6.00. The van der Waals surface area contributed by atoms with E-state index in [9.17, 15) is 5.26 Å². The number of fused-ring (bicyclic) bond motifs is 4. The topological polar surface area (TPSA) is 55.7 Å². The van der Waals surface area contributed by atoms with E-state index in [1.165, 1.54) is 5.56 Å². The molecule has 27 heavy (non-hydrogen) atoms. The number of H-pyrrole nitrogens is 1. The molecule has 1 aliphatic carbocycles. The van der Waals surface area contributed by atoms with Crippen LogP contribution in [0, 0.1) is 18.3 Å². The highest BCUT2D eigenvalue weighted by Crippen LogP contribution is 2.34. The molecule has 5 heteroatoms. The summed E-state index contributed by atoms with van der Waals surface area (Å²) in [6, 6.07) is 16.6. The number of nitrogens with zero attached hydrogens (tertiary/aromatic N) is 2. The van der Waals surface area contributed by atoms with E-state index in [0.717, 1.165) is 69.2 Å². The van der Waals surface area contributed by atoms with Gasteiger partial charge < -0.3 is 0 Å². The first kappa shape index (κ1) is 16.2. The number of benzene rings is 2. The third kappa shape index (κ3) is 2.39. The lowest BCUT2D eigenvalue weighted by Gasteiger charge is -2.11. The summed E-state index contributed by atoms with van der Waals surface area (Å²) < 4.78 is 2.14. The van der Waals surface area contributed by atoms with E-state index in [0.29, 0.717) is 0 Å². The van der Waals surface area contributed by atoms with Gasteiger partial charge in [-0.15, -0.1) is 0 Å². The van der Waals surface area contributed by atoms with Crippen LogP contribution in [0.3, 0.4) is 0 Å². The van der Waals surface area contributed by atoms with E-state index < -0.39 is 0 Å². The minimum Gasteiger partial charge on any atom is -0.273 e. The van der Waals surface area contributed by atoms with E-state index >= 15 is 0 Å². The Morgan fingerprint density at radius 1 is 1.15 bits per heavy atom. The molecule has 0 aliphatic heterocycles. The number of nitriles is 1. The van der Waals surface area contributed by atoms with Crippen molar-refractivity contribution >= 4 is 39.8 Å². The number of hydrogen-bond acceptors (Lipinski definition) is 2. The van der Waals surface area contributed by atoms with Crippen molar-refractivity contribution in [3.05, 3.63) is 69.7 Å². The number of hydrogen-bond donors (Lipinski definition) is 2. The molecule has 0 radical (unpaired) electrons. The van der Waals surface area contributed by atoms with Crippen LogP contribution in [-0.2, 0) is 12.8 Å². The molecule has 0 spiro atoms. The van der Waals surface area contributed by atoms with Gasteiger partial charge in [-0.25, -0.2) is 0 Å². The summed E-state index contributed by atoms with van der Waals surface area (Å²) in [4.78, 5) is 3.45. The highest BCUT2D eigenvalue weighted by Gasteiger charge is 2.30. The fourth-order valence-corrected chi connectivity index (χ4v) is 4.28. The van der Waals surface area contributed by atoms with Gasteiger partial charge in [-0.2, -0.15) is 9.66 Å². The molecule has 0 bridgehead atoms. The molecular formula is C22H18ClN4+. The second-order valence-corrected chi connectivity index (χ2v) is 7.47. The zero-order valence-electron chi connectivity index (χ0n) is 14.9. The Morgan fingerprint density at radius 3 is 2.78 bits per heavy atom. The van der Waals surface area contributed by atoms with Gasteiger partial charge in [0.15, 0.2) is 0 Å². The second-order valence-electron chi connectivity index (χ2n) is 7.06. The molecule has 0 fully saturated rings. The quantitative estimate of drug-likeness (QED) is 0.487. The summed E-state index contributed by atoms with van der Waals surface area (Å²) in [5.74, 6) is 1.02. The largest absolute Gasteiger partial charge is 0.273 e. The summed E-state index contributed by atoms with van der Waals surface area (Å²) in [5, 5.41) is 14.2. The average molecular weight is 374 g/mol. The van der Waals surface area contributed by atoms with E-state index in [1.54, 1.807) is 0 Å². The Bertz CT molecular complexity index is 1260. The van der Waals surface area contributed by atoms with E-state index in [-0.39, 0.29) is 0 Å². The summed E-state index contributed by atoms with van der Waals surface area (Å²) in [5.41, 5.74) is 8.06. The summed E-state index contributed by atoms with van der Waals surface area (Å²) in [6.45, 7) is 2.00. The third-order valence-corrected chi connectivity index (χ3v) is 5.84. The fourth-order valence-electron chi connectivity index (χ4n) is 4.10. The number of anilines is 2. The molecule has 0 saturated carbocycles. The van der Waals surface area contributed by atoms with Crippen LogP contribution in [0.4, 0.5) is 11.5 Å². The van der Waals surface area contributed by atoms with Crippen LogP contribution in [0.5, 0.6) is 0 Å². The standard InChI is InChI=1S/C22H17ClN4/c1-13-9-10-14(11-18(13)23)25-21-16-6-4-5-15(16)17(12-24)22-26-19-7-2-3-8-20(19)27(21)22/h2-3,7-11H,4-6H2,1H3,(H,25,26)/p+1. The molecule has 0 amide bonds. The Labute approximate surface area is 162 Å². The van der Waals surface area contributed by atoms with Crippen LogP contribution in [0.2, 0.25) is 5.02 Å². The Morgan fingerprint density at radius 2 is 1.96 bits per heavy atom. The number of aromatic nitrogens is 2. The molecule has 2 aromatic heterocycles. The lowest BCUT2D eigenvalue weighted by Crippen LogP contribution is -2.28. The van der Waals surface area contributed by atoms with Crippen molar-refractivity contribution in [3.63, 3.8) is 0 Å². The molecule has 2 N–H and O–H groups in total. The van der Waals surface area contributed by atoms with Crippen molar-refractivity contribution in [3.8, 4) is 6.07 Å². The highest BCUT2D eigenvalue weighted by atomic mass is 35.5. The molecule has 4 aromatic rings. The van der Waals surface area contributed by atoms with Gasteiger partial charge in [-0.05, 0) is 61.6 Å². The number of aryl methyl sites for hydroxylation is 1. The van der Waals surface area contributed by atoms with E-state index in [1.807, 2.05) is 43.3 Å². The van der Waals surface area contributed by atoms with Crippen molar-refractivity contribution < 1.29 is 4.40 Å². The number of nitrogens with one attached hydrogen (secondary N) is 2.